The Hall–Kier alpha value is -1.75. The Balaban J connectivity index is 1.74. The van der Waals surface area contributed by atoms with Crippen molar-refractivity contribution >= 4 is 5.91 Å². The molecule has 1 atom stereocenters. The van der Waals surface area contributed by atoms with E-state index >= 15 is 0 Å². The number of rotatable bonds is 4. The highest BCUT2D eigenvalue weighted by Gasteiger charge is 2.43. The number of nitrogens with zero attached hydrogens (tertiary/aromatic N) is 2. The molecule has 0 bridgehead atoms. The number of hydrogen-bond donors (Lipinski definition) is 1. The predicted molar refractivity (Wildman–Crippen MR) is 108 cm³/mol. The van der Waals surface area contributed by atoms with Gasteiger partial charge in [-0.3, -0.25) is 9.69 Å². The summed E-state index contributed by atoms with van der Waals surface area (Å²) in [7, 11) is 0. The molecule has 2 heterocycles. The number of phenols is 1. The van der Waals surface area contributed by atoms with Gasteiger partial charge in [0.05, 0.1) is 0 Å². The first-order chi connectivity index (χ1) is 12.8. The molecule has 5 nitrogen and oxygen atoms in total. The molecular weight excluding hydrogens is 340 g/mol. The SMILES string of the molecule is CCCCN1CCN(C(=O)C2(C)CCc3c(C)c(O)c(C)c(C)c3O2)CC1. The number of piperazine rings is 1. The van der Waals surface area contributed by atoms with Crippen molar-refractivity contribution in [2.75, 3.05) is 32.7 Å². The normalized spacial score (nSPS) is 23.1. The first-order valence-electron chi connectivity index (χ1n) is 10.3. The number of unbranched alkanes of at least 4 members (excludes halogenated alkanes) is 1. The number of phenolic OH excluding ortho intramolecular Hbond substituents is 1. The Morgan fingerprint density at radius 3 is 2.41 bits per heavy atom. The summed E-state index contributed by atoms with van der Waals surface area (Å²) in [6, 6.07) is 0. The summed E-state index contributed by atoms with van der Waals surface area (Å²) in [5.74, 6) is 1.26. The van der Waals surface area contributed by atoms with E-state index in [1.807, 2.05) is 32.6 Å². The van der Waals surface area contributed by atoms with Gasteiger partial charge < -0.3 is 14.7 Å². The van der Waals surface area contributed by atoms with E-state index in [2.05, 4.69) is 11.8 Å². The van der Waals surface area contributed by atoms with E-state index in [1.54, 1.807) is 0 Å². The maximum Gasteiger partial charge on any atom is 0.266 e. The zero-order valence-electron chi connectivity index (χ0n) is 17.5. The smallest absolute Gasteiger partial charge is 0.266 e. The maximum absolute atomic E-state index is 13.3. The van der Waals surface area contributed by atoms with Crippen molar-refractivity contribution in [2.45, 2.75) is 65.9 Å². The molecule has 27 heavy (non-hydrogen) atoms. The van der Waals surface area contributed by atoms with Crippen LogP contribution in [-0.2, 0) is 11.2 Å². The fourth-order valence-corrected chi connectivity index (χ4v) is 4.29. The zero-order chi connectivity index (χ0) is 19.8. The average molecular weight is 375 g/mol. The lowest BCUT2D eigenvalue weighted by Gasteiger charge is -2.42. The van der Waals surface area contributed by atoms with E-state index in [1.165, 1.54) is 12.8 Å². The second kappa shape index (κ2) is 7.70. The second-order valence-corrected chi connectivity index (χ2v) is 8.35. The third-order valence-corrected chi connectivity index (χ3v) is 6.46. The number of benzene rings is 1. The summed E-state index contributed by atoms with van der Waals surface area (Å²) in [4.78, 5) is 17.7. The zero-order valence-corrected chi connectivity index (χ0v) is 17.5. The number of amides is 1. The van der Waals surface area contributed by atoms with Gasteiger partial charge in [0.25, 0.3) is 5.91 Å². The maximum atomic E-state index is 13.3. The highest BCUT2D eigenvalue weighted by Crippen LogP contribution is 2.43. The molecule has 1 amide bonds. The minimum absolute atomic E-state index is 0.103. The largest absolute Gasteiger partial charge is 0.507 e. The summed E-state index contributed by atoms with van der Waals surface area (Å²) < 4.78 is 6.36. The molecule has 5 heteroatoms. The third-order valence-electron chi connectivity index (χ3n) is 6.46. The molecule has 0 spiro atoms. The van der Waals surface area contributed by atoms with Crippen LogP contribution in [0.4, 0.5) is 0 Å². The standard InChI is InChI=1S/C22H34N2O3/c1-6-7-10-23-11-13-24(14-12-23)21(26)22(5)9-8-18-17(4)19(25)15(2)16(3)20(18)27-22/h25H,6-14H2,1-5H3. The van der Waals surface area contributed by atoms with Crippen molar-refractivity contribution < 1.29 is 14.6 Å². The quantitative estimate of drug-likeness (QED) is 0.878. The highest BCUT2D eigenvalue weighted by molar-refractivity contribution is 5.86. The molecule has 1 N–H and O–H groups in total. The summed E-state index contributed by atoms with van der Waals surface area (Å²) in [6.07, 6.45) is 3.83. The lowest BCUT2D eigenvalue weighted by atomic mass is 9.86. The summed E-state index contributed by atoms with van der Waals surface area (Å²) in [5.41, 5.74) is 2.89. The molecule has 1 aromatic carbocycles. The van der Waals surface area contributed by atoms with E-state index in [-0.39, 0.29) is 5.91 Å². The minimum atomic E-state index is -0.820. The Bertz CT molecular complexity index is 723. The van der Waals surface area contributed by atoms with Gasteiger partial charge in [0.2, 0.25) is 0 Å². The van der Waals surface area contributed by atoms with E-state index < -0.39 is 5.60 Å². The molecular formula is C22H34N2O3. The van der Waals surface area contributed by atoms with Crippen LogP contribution in [0.1, 0.15) is 55.4 Å². The number of carbonyl (C=O) groups excluding carboxylic acids is 1. The molecule has 0 aromatic heterocycles. The van der Waals surface area contributed by atoms with Gasteiger partial charge in [-0.1, -0.05) is 13.3 Å². The van der Waals surface area contributed by atoms with Gasteiger partial charge >= 0.3 is 0 Å². The van der Waals surface area contributed by atoms with Crippen LogP contribution in [0.3, 0.4) is 0 Å². The molecule has 0 radical (unpaired) electrons. The fourth-order valence-electron chi connectivity index (χ4n) is 4.29. The molecule has 1 saturated heterocycles. The first-order valence-corrected chi connectivity index (χ1v) is 10.3. The molecule has 0 aliphatic carbocycles. The predicted octanol–water partition coefficient (Wildman–Crippen LogP) is 3.35. The van der Waals surface area contributed by atoms with Gasteiger partial charge in [-0.15, -0.1) is 0 Å². The molecule has 0 saturated carbocycles. The van der Waals surface area contributed by atoms with Gasteiger partial charge in [-0.05, 0) is 63.8 Å². The molecule has 150 valence electrons. The van der Waals surface area contributed by atoms with E-state index in [9.17, 15) is 9.90 Å². The summed E-state index contributed by atoms with van der Waals surface area (Å²) >= 11 is 0. The van der Waals surface area contributed by atoms with Gasteiger partial charge in [0.15, 0.2) is 5.60 Å². The van der Waals surface area contributed by atoms with Gasteiger partial charge in [0.1, 0.15) is 11.5 Å². The number of hydrogen-bond acceptors (Lipinski definition) is 4. The second-order valence-electron chi connectivity index (χ2n) is 8.35. The van der Waals surface area contributed by atoms with Gasteiger partial charge in [-0.2, -0.15) is 0 Å². The summed E-state index contributed by atoms with van der Waals surface area (Å²) in [5, 5.41) is 10.3. The summed E-state index contributed by atoms with van der Waals surface area (Å²) in [6.45, 7) is 14.5. The molecule has 2 aliphatic heterocycles. The van der Waals surface area contributed by atoms with Crippen LogP contribution in [0.2, 0.25) is 0 Å². The first kappa shape index (κ1) is 20.0. The minimum Gasteiger partial charge on any atom is -0.507 e. The molecule has 2 aliphatic rings. The third kappa shape index (κ3) is 3.66. The molecule has 3 rings (SSSR count). The van der Waals surface area contributed by atoms with Gasteiger partial charge in [-0.25, -0.2) is 0 Å². The Labute approximate surface area is 163 Å². The lowest BCUT2D eigenvalue weighted by Crippen LogP contribution is -2.57. The van der Waals surface area contributed by atoms with Crippen molar-refractivity contribution in [3.8, 4) is 11.5 Å². The van der Waals surface area contributed by atoms with Gasteiger partial charge in [0, 0.05) is 38.2 Å². The molecule has 1 unspecified atom stereocenters. The average Bonchev–Trinajstić information content (AvgIpc) is 2.69. The highest BCUT2D eigenvalue weighted by atomic mass is 16.5. The van der Waals surface area contributed by atoms with Crippen molar-refractivity contribution in [1.82, 2.24) is 9.80 Å². The Morgan fingerprint density at radius 2 is 1.78 bits per heavy atom. The Kier molecular flexibility index (Phi) is 5.71. The number of aromatic hydroxyl groups is 1. The molecule has 1 aromatic rings. The van der Waals surface area contributed by atoms with Crippen LogP contribution < -0.4 is 4.74 Å². The van der Waals surface area contributed by atoms with Crippen molar-refractivity contribution in [1.29, 1.82) is 0 Å². The van der Waals surface area contributed by atoms with Crippen molar-refractivity contribution in [3.05, 3.63) is 22.3 Å². The van der Waals surface area contributed by atoms with E-state index in [4.69, 9.17) is 4.74 Å². The number of fused-ring (bicyclic) bond motifs is 1. The van der Waals surface area contributed by atoms with Crippen molar-refractivity contribution in [2.24, 2.45) is 0 Å². The monoisotopic (exact) mass is 374 g/mol. The molecule has 1 fully saturated rings. The van der Waals surface area contributed by atoms with Crippen LogP contribution in [0, 0.1) is 20.8 Å². The van der Waals surface area contributed by atoms with Crippen LogP contribution >= 0.6 is 0 Å². The van der Waals surface area contributed by atoms with E-state index in [0.29, 0.717) is 12.2 Å². The topological polar surface area (TPSA) is 53.0 Å². The van der Waals surface area contributed by atoms with Crippen molar-refractivity contribution in [3.63, 3.8) is 0 Å². The van der Waals surface area contributed by atoms with Crippen LogP contribution in [-0.4, -0.2) is 59.1 Å². The van der Waals surface area contributed by atoms with Crippen LogP contribution in [0.15, 0.2) is 0 Å². The lowest BCUT2D eigenvalue weighted by molar-refractivity contribution is -0.150. The number of carbonyl (C=O) groups is 1. The van der Waals surface area contributed by atoms with E-state index in [0.717, 1.165) is 67.1 Å². The fraction of sp³-hybridized carbons (Fsp3) is 0.682. The van der Waals surface area contributed by atoms with Crippen LogP contribution in [0.5, 0.6) is 11.5 Å². The van der Waals surface area contributed by atoms with Crippen LogP contribution in [0.25, 0.3) is 0 Å². The number of ether oxygens (including phenoxy) is 1. The Morgan fingerprint density at radius 1 is 1.11 bits per heavy atom.